The van der Waals surface area contributed by atoms with Crippen LogP contribution < -0.4 is 20.1 Å². The number of rotatable bonds is 8. The predicted molar refractivity (Wildman–Crippen MR) is 112 cm³/mol. The highest BCUT2D eigenvalue weighted by molar-refractivity contribution is 6.31. The maximum atomic E-state index is 11.8. The Morgan fingerprint density at radius 1 is 1.10 bits per heavy atom. The zero-order valence-electron chi connectivity index (χ0n) is 16.0. The highest BCUT2D eigenvalue weighted by Gasteiger charge is 2.23. The van der Waals surface area contributed by atoms with Crippen LogP contribution in [0.4, 0.5) is 4.79 Å². The van der Waals surface area contributed by atoms with Crippen LogP contribution in [-0.4, -0.2) is 18.5 Å². The van der Waals surface area contributed by atoms with E-state index in [4.69, 9.17) is 21.1 Å². The molecule has 2 aromatic carbocycles. The van der Waals surface area contributed by atoms with Crippen molar-refractivity contribution in [3.05, 3.63) is 76.5 Å². The van der Waals surface area contributed by atoms with Gasteiger partial charge in [-0.25, -0.2) is 4.79 Å². The lowest BCUT2D eigenvalue weighted by Crippen LogP contribution is -2.22. The van der Waals surface area contributed by atoms with Crippen LogP contribution in [0, 0.1) is 0 Å². The monoisotopic (exact) mass is 412 g/mol. The second-order valence-corrected chi connectivity index (χ2v) is 6.69. The number of carbonyl (C=O) groups excluding carboxylic acids is 2. The molecule has 0 aliphatic carbocycles. The molecule has 1 fully saturated rings. The molecule has 6 nitrogen and oxygen atoms in total. The molecular weight excluding hydrogens is 392 g/mol. The highest BCUT2D eigenvalue weighted by atomic mass is 35.5. The van der Waals surface area contributed by atoms with Gasteiger partial charge in [-0.1, -0.05) is 35.9 Å². The van der Waals surface area contributed by atoms with E-state index in [0.717, 1.165) is 11.1 Å². The van der Waals surface area contributed by atoms with Crippen molar-refractivity contribution in [3.8, 4) is 11.5 Å². The van der Waals surface area contributed by atoms with E-state index in [-0.39, 0.29) is 12.3 Å². The lowest BCUT2D eigenvalue weighted by atomic mass is 10.0. The largest absolute Gasteiger partial charge is 0.490 e. The summed E-state index contributed by atoms with van der Waals surface area (Å²) < 4.78 is 11.9. The van der Waals surface area contributed by atoms with Crippen molar-refractivity contribution in [2.75, 3.05) is 6.61 Å². The average molecular weight is 413 g/mol. The summed E-state index contributed by atoms with van der Waals surface area (Å²) in [5, 5.41) is 5.28. The number of allylic oxidation sites excluding steroid dienone is 1. The van der Waals surface area contributed by atoms with Gasteiger partial charge in [0.2, 0.25) is 0 Å². The van der Waals surface area contributed by atoms with Crippen LogP contribution in [0.1, 0.15) is 23.6 Å². The number of halogens is 1. The molecule has 3 rings (SSSR count). The van der Waals surface area contributed by atoms with E-state index in [1.54, 1.807) is 18.2 Å². The number of hydrogen-bond acceptors (Lipinski definition) is 4. The summed E-state index contributed by atoms with van der Waals surface area (Å²) in [6.07, 6.45) is 3.88. The molecule has 0 atom stereocenters. The van der Waals surface area contributed by atoms with Gasteiger partial charge in [-0.3, -0.25) is 10.1 Å². The molecule has 0 saturated carbocycles. The van der Waals surface area contributed by atoms with Gasteiger partial charge in [0.25, 0.3) is 5.91 Å². The van der Waals surface area contributed by atoms with Gasteiger partial charge in [-0.2, -0.15) is 0 Å². The Kier molecular flexibility index (Phi) is 6.57. The molecule has 0 spiro atoms. The first-order valence-electron chi connectivity index (χ1n) is 9.12. The van der Waals surface area contributed by atoms with Gasteiger partial charge < -0.3 is 14.8 Å². The fourth-order valence-corrected chi connectivity index (χ4v) is 3.11. The van der Waals surface area contributed by atoms with Crippen molar-refractivity contribution in [2.45, 2.75) is 20.0 Å². The van der Waals surface area contributed by atoms with E-state index >= 15 is 0 Å². The zero-order valence-corrected chi connectivity index (χ0v) is 16.7. The Labute approximate surface area is 174 Å². The normalized spacial score (nSPS) is 14.5. The molecular formula is C22H21ClN2O4. The maximum absolute atomic E-state index is 11.8. The van der Waals surface area contributed by atoms with E-state index in [9.17, 15) is 9.59 Å². The summed E-state index contributed by atoms with van der Waals surface area (Å²) in [5.74, 6) is 0.654. The number of benzene rings is 2. The SMILES string of the molecule is C=CCc1cc(/C=C2\NC(=O)NC2=O)cc(OCC)c1OCc1ccccc1Cl. The van der Waals surface area contributed by atoms with E-state index in [0.29, 0.717) is 35.1 Å². The Morgan fingerprint density at radius 2 is 1.90 bits per heavy atom. The van der Waals surface area contributed by atoms with Crippen molar-refractivity contribution in [2.24, 2.45) is 0 Å². The summed E-state index contributed by atoms with van der Waals surface area (Å²) in [6, 6.07) is 10.6. The number of amides is 3. The fraction of sp³-hybridized carbons (Fsp3) is 0.182. The van der Waals surface area contributed by atoms with Crippen LogP contribution in [0.3, 0.4) is 0 Å². The molecule has 0 bridgehead atoms. The van der Waals surface area contributed by atoms with Gasteiger partial charge in [0.15, 0.2) is 11.5 Å². The van der Waals surface area contributed by atoms with Crippen molar-refractivity contribution in [1.29, 1.82) is 0 Å². The third-order valence-electron chi connectivity index (χ3n) is 4.18. The minimum atomic E-state index is -0.544. The van der Waals surface area contributed by atoms with E-state index in [1.165, 1.54) is 0 Å². The van der Waals surface area contributed by atoms with Crippen LogP contribution in [0.2, 0.25) is 5.02 Å². The van der Waals surface area contributed by atoms with Gasteiger partial charge in [0.05, 0.1) is 6.61 Å². The standard InChI is InChI=1S/C22H21ClN2O4/c1-3-7-15-10-14(11-18-21(26)25-22(27)24-18)12-19(28-4-2)20(15)29-13-16-8-5-6-9-17(16)23/h3,5-6,8-12H,1,4,7,13H2,2H3,(H2,24,25,26,27)/b18-11-. The molecule has 3 amide bonds. The first-order valence-corrected chi connectivity index (χ1v) is 9.50. The van der Waals surface area contributed by atoms with Crippen molar-refractivity contribution in [3.63, 3.8) is 0 Å². The van der Waals surface area contributed by atoms with Gasteiger partial charge in [0.1, 0.15) is 12.3 Å². The quantitative estimate of drug-likeness (QED) is 0.386. The summed E-state index contributed by atoms with van der Waals surface area (Å²) >= 11 is 6.23. The molecule has 0 unspecified atom stereocenters. The smallest absolute Gasteiger partial charge is 0.326 e. The maximum Gasteiger partial charge on any atom is 0.326 e. The number of nitrogens with one attached hydrogen (secondary N) is 2. The molecule has 2 N–H and O–H groups in total. The number of hydrogen-bond donors (Lipinski definition) is 2. The number of carbonyl (C=O) groups is 2. The predicted octanol–water partition coefficient (Wildman–Crippen LogP) is 4.23. The van der Waals surface area contributed by atoms with Gasteiger partial charge in [0, 0.05) is 16.1 Å². The van der Waals surface area contributed by atoms with Crippen LogP contribution in [-0.2, 0) is 17.8 Å². The van der Waals surface area contributed by atoms with Crippen LogP contribution >= 0.6 is 11.6 Å². The average Bonchev–Trinajstić information content (AvgIpc) is 3.00. The molecule has 1 aliphatic heterocycles. The Morgan fingerprint density at radius 3 is 2.55 bits per heavy atom. The zero-order chi connectivity index (χ0) is 20.8. The second kappa shape index (κ2) is 9.30. The second-order valence-electron chi connectivity index (χ2n) is 6.28. The molecule has 2 aromatic rings. The topological polar surface area (TPSA) is 76.7 Å². The van der Waals surface area contributed by atoms with Crippen LogP contribution in [0.15, 0.2) is 54.8 Å². The Bertz CT molecular complexity index is 985. The molecule has 0 aromatic heterocycles. The van der Waals surface area contributed by atoms with E-state index in [2.05, 4.69) is 17.2 Å². The third kappa shape index (κ3) is 4.97. The number of urea groups is 1. The fourth-order valence-electron chi connectivity index (χ4n) is 2.92. The Balaban J connectivity index is 1.97. The van der Waals surface area contributed by atoms with E-state index in [1.807, 2.05) is 37.3 Å². The number of imide groups is 1. The summed E-state index contributed by atoms with van der Waals surface area (Å²) in [7, 11) is 0. The summed E-state index contributed by atoms with van der Waals surface area (Å²) in [5.41, 5.74) is 2.57. The van der Waals surface area contributed by atoms with Gasteiger partial charge in [-0.05, 0) is 43.2 Å². The minimum Gasteiger partial charge on any atom is -0.490 e. The lowest BCUT2D eigenvalue weighted by Gasteiger charge is -2.17. The van der Waals surface area contributed by atoms with Gasteiger partial charge >= 0.3 is 6.03 Å². The third-order valence-corrected chi connectivity index (χ3v) is 4.55. The molecule has 1 aliphatic rings. The number of ether oxygens (including phenoxy) is 2. The van der Waals surface area contributed by atoms with Crippen molar-refractivity contribution in [1.82, 2.24) is 10.6 Å². The molecule has 29 heavy (non-hydrogen) atoms. The van der Waals surface area contributed by atoms with E-state index < -0.39 is 11.9 Å². The molecule has 1 saturated heterocycles. The van der Waals surface area contributed by atoms with Crippen molar-refractivity contribution < 1.29 is 19.1 Å². The first-order chi connectivity index (χ1) is 14.0. The molecule has 0 radical (unpaired) electrons. The summed E-state index contributed by atoms with van der Waals surface area (Å²) in [6.45, 7) is 6.40. The Hall–Kier alpha value is -3.25. The lowest BCUT2D eigenvalue weighted by molar-refractivity contribution is -0.115. The molecule has 1 heterocycles. The molecule has 150 valence electrons. The van der Waals surface area contributed by atoms with Crippen molar-refractivity contribution >= 4 is 29.6 Å². The minimum absolute atomic E-state index is 0.173. The van der Waals surface area contributed by atoms with Crippen LogP contribution in [0.5, 0.6) is 11.5 Å². The first kappa shape index (κ1) is 20.5. The molecule has 7 heteroatoms. The van der Waals surface area contributed by atoms with Gasteiger partial charge in [-0.15, -0.1) is 6.58 Å². The van der Waals surface area contributed by atoms with Crippen LogP contribution in [0.25, 0.3) is 6.08 Å². The summed E-state index contributed by atoms with van der Waals surface area (Å²) in [4.78, 5) is 23.2. The highest BCUT2D eigenvalue weighted by Crippen LogP contribution is 2.35.